The molecule has 0 N–H and O–H groups in total. The van der Waals surface area contributed by atoms with Gasteiger partial charge in [-0.15, -0.1) is 0 Å². The molecular weight excluding hydrogens is 406 g/mol. The molecule has 1 amide bonds. The molecule has 1 atom stereocenters. The van der Waals surface area contributed by atoms with Gasteiger partial charge < -0.3 is 9.15 Å². The zero-order chi connectivity index (χ0) is 20.8. The van der Waals surface area contributed by atoms with E-state index in [-0.39, 0.29) is 28.3 Å². The molecule has 0 radical (unpaired) electrons. The SMILES string of the molecule is COc1cccc(C2c3c(oc4ccc(Cl)cc4c3=O)C(=O)N2c2ncccn2)c1. The molecule has 0 spiro atoms. The number of carbonyl (C=O) groups is 1. The molecule has 2 aromatic carbocycles. The fourth-order valence-electron chi connectivity index (χ4n) is 3.69. The van der Waals surface area contributed by atoms with E-state index in [2.05, 4.69) is 9.97 Å². The van der Waals surface area contributed by atoms with Crippen molar-refractivity contribution in [2.75, 3.05) is 12.0 Å². The van der Waals surface area contributed by atoms with E-state index in [0.29, 0.717) is 21.7 Å². The Kier molecular flexibility index (Phi) is 4.25. The number of amides is 1. The maximum absolute atomic E-state index is 13.5. The number of fused-ring (bicyclic) bond motifs is 2. The molecule has 0 bridgehead atoms. The molecule has 148 valence electrons. The Labute approximate surface area is 175 Å². The molecule has 4 aromatic rings. The van der Waals surface area contributed by atoms with Crippen molar-refractivity contribution in [3.63, 3.8) is 0 Å². The Bertz CT molecular complexity index is 1350. The molecule has 1 aliphatic rings. The van der Waals surface area contributed by atoms with Crippen molar-refractivity contribution in [1.29, 1.82) is 0 Å². The van der Waals surface area contributed by atoms with Crippen LogP contribution in [0.3, 0.4) is 0 Å². The molecule has 5 rings (SSSR count). The van der Waals surface area contributed by atoms with Gasteiger partial charge in [0.2, 0.25) is 11.7 Å². The quantitative estimate of drug-likeness (QED) is 0.499. The number of hydrogen-bond donors (Lipinski definition) is 0. The monoisotopic (exact) mass is 419 g/mol. The van der Waals surface area contributed by atoms with E-state index < -0.39 is 11.9 Å². The second-order valence-electron chi connectivity index (χ2n) is 6.72. The van der Waals surface area contributed by atoms with Crippen molar-refractivity contribution in [1.82, 2.24) is 9.97 Å². The minimum absolute atomic E-state index is 0.0323. The van der Waals surface area contributed by atoms with Crippen molar-refractivity contribution in [2.24, 2.45) is 0 Å². The number of nitrogens with zero attached hydrogens (tertiary/aromatic N) is 3. The standard InChI is InChI=1S/C22H14ClN3O4/c1-29-14-5-2-4-12(10-14)18-17-19(27)15-11-13(23)6-7-16(15)30-20(17)21(28)26(18)22-24-8-3-9-25-22/h2-11,18H,1H3. The minimum Gasteiger partial charge on any atom is -0.497 e. The van der Waals surface area contributed by atoms with Crippen LogP contribution in [0.5, 0.6) is 5.75 Å². The third kappa shape index (κ3) is 2.74. The third-order valence-electron chi connectivity index (χ3n) is 5.01. The Hall–Kier alpha value is -3.71. The van der Waals surface area contributed by atoms with Gasteiger partial charge >= 0.3 is 0 Å². The summed E-state index contributed by atoms with van der Waals surface area (Å²) in [5, 5.41) is 0.707. The number of rotatable bonds is 3. The molecule has 0 fully saturated rings. The highest BCUT2D eigenvalue weighted by Crippen LogP contribution is 2.40. The van der Waals surface area contributed by atoms with Gasteiger partial charge in [0.15, 0.2) is 5.43 Å². The summed E-state index contributed by atoms with van der Waals surface area (Å²) in [6.45, 7) is 0. The van der Waals surface area contributed by atoms with Crippen LogP contribution in [0.15, 0.2) is 70.1 Å². The lowest BCUT2D eigenvalue weighted by molar-refractivity contribution is 0.0969. The van der Waals surface area contributed by atoms with Gasteiger partial charge in [0.25, 0.3) is 5.91 Å². The minimum atomic E-state index is -0.773. The summed E-state index contributed by atoms with van der Waals surface area (Å²) in [6, 6.07) is 12.8. The molecule has 8 heteroatoms. The Balaban J connectivity index is 1.83. The lowest BCUT2D eigenvalue weighted by atomic mass is 9.98. The van der Waals surface area contributed by atoms with Crippen LogP contribution in [-0.4, -0.2) is 23.0 Å². The zero-order valence-electron chi connectivity index (χ0n) is 15.7. The highest BCUT2D eigenvalue weighted by atomic mass is 35.5. The molecule has 30 heavy (non-hydrogen) atoms. The van der Waals surface area contributed by atoms with Crippen LogP contribution >= 0.6 is 11.6 Å². The van der Waals surface area contributed by atoms with Gasteiger partial charge in [0.05, 0.1) is 24.1 Å². The van der Waals surface area contributed by atoms with E-state index in [1.54, 1.807) is 43.5 Å². The number of carbonyl (C=O) groups excluding carboxylic acids is 1. The molecule has 1 unspecified atom stereocenters. The topological polar surface area (TPSA) is 85.5 Å². The van der Waals surface area contributed by atoms with Crippen LogP contribution in [0.4, 0.5) is 5.95 Å². The van der Waals surface area contributed by atoms with E-state index in [1.165, 1.54) is 23.4 Å². The van der Waals surface area contributed by atoms with Gasteiger partial charge in [0.1, 0.15) is 11.3 Å². The van der Waals surface area contributed by atoms with Crippen LogP contribution in [0.1, 0.15) is 27.7 Å². The first-order valence-corrected chi connectivity index (χ1v) is 9.47. The molecule has 7 nitrogen and oxygen atoms in total. The van der Waals surface area contributed by atoms with Gasteiger partial charge in [-0.1, -0.05) is 23.7 Å². The first-order valence-electron chi connectivity index (χ1n) is 9.09. The average Bonchev–Trinajstić information content (AvgIpc) is 3.07. The smallest absolute Gasteiger partial charge is 0.297 e. The summed E-state index contributed by atoms with van der Waals surface area (Å²) in [4.78, 5) is 36.6. The molecule has 3 heterocycles. The third-order valence-corrected chi connectivity index (χ3v) is 5.24. The Morgan fingerprint density at radius 2 is 1.87 bits per heavy atom. The summed E-state index contributed by atoms with van der Waals surface area (Å²) >= 11 is 6.09. The van der Waals surface area contributed by atoms with Crippen LogP contribution in [0.2, 0.25) is 5.02 Å². The molecule has 0 aliphatic carbocycles. The first kappa shape index (κ1) is 18.3. The van der Waals surface area contributed by atoms with Gasteiger partial charge in [-0.2, -0.15) is 0 Å². The number of ether oxygens (including phenoxy) is 1. The number of anilines is 1. The Morgan fingerprint density at radius 3 is 2.63 bits per heavy atom. The molecule has 1 aliphatic heterocycles. The number of benzene rings is 2. The van der Waals surface area contributed by atoms with E-state index in [4.69, 9.17) is 20.8 Å². The molecule has 0 saturated carbocycles. The van der Waals surface area contributed by atoms with Crippen molar-refractivity contribution >= 4 is 34.4 Å². The highest BCUT2D eigenvalue weighted by molar-refractivity contribution is 6.31. The van der Waals surface area contributed by atoms with Gasteiger partial charge in [-0.25, -0.2) is 9.97 Å². The normalized spacial score (nSPS) is 15.5. The van der Waals surface area contributed by atoms with Crippen molar-refractivity contribution in [2.45, 2.75) is 6.04 Å². The van der Waals surface area contributed by atoms with Crippen molar-refractivity contribution in [3.05, 3.63) is 93.1 Å². The van der Waals surface area contributed by atoms with E-state index in [9.17, 15) is 9.59 Å². The maximum Gasteiger partial charge on any atom is 0.297 e. The predicted octanol–water partition coefficient (Wildman–Crippen LogP) is 3.99. The average molecular weight is 420 g/mol. The summed E-state index contributed by atoms with van der Waals surface area (Å²) in [7, 11) is 1.55. The largest absolute Gasteiger partial charge is 0.497 e. The van der Waals surface area contributed by atoms with Crippen molar-refractivity contribution in [3.8, 4) is 5.75 Å². The van der Waals surface area contributed by atoms with Gasteiger partial charge in [-0.05, 0) is 42.0 Å². The summed E-state index contributed by atoms with van der Waals surface area (Å²) in [6.07, 6.45) is 3.07. The van der Waals surface area contributed by atoms with E-state index in [1.807, 2.05) is 6.07 Å². The lowest BCUT2D eigenvalue weighted by Gasteiger charge is -2.23. The second kappa shape index (κ2) is 6.96. The van der Waals surface area contributed by atoms with Crippen LogP contribution in [-0.2, 0) is 0 Å². The fraction of sp³-hybridized carbons (Fsp3) is 0.0909. The van der Waals surface area contributed by atoms with Crippen LogP contribution in [0.25, 0.3) is 11.0 Å². The highest BCUT2D eigenvalue weighted by Gasteiger charge is 2.45. The number of aromatic nitrogens is 2. The molecule has 2 aromatic heterocycles. The van der Waals surface area contributed by atoms with Gasteiger partial charge in [0, 0.05) is 17.4 Å². The lowest BCUT2D eigenvalue weighted by Crippen LogP contribution is -2.31. The summed E-state index contributed by atoms with van der Waals surface area (Å²) < 4.78 is 11.2. The van der Waals surface area contributed by atoms with E-state index in [0.717, 1.165) is 0 Å². The van der Waals surface area contributed by atoms with Crippen LogP contribution < -0.4 is 15.1 Å². The summed E-state index contributed by atoms with van der Waals surface area (Å²) in [5.41, 5.74) is 0.850. The zero-order valence-corrected chi connectivity index (χ0v) is 16.5. The van der Waals surface area contributed by atoms with Gasteiger partial charge in [-0.3, -0.25) is 14.5 Å². The fourth-order valence-corrected chi connectivity index (χ4v) is 3.87. The maximum atomic E-state index is 13.5. The molecule has 0 saturated heterocycles. The summed E-state index contributed by atoms with van der Waals surface area (Å²) in [5.74, 6) is 0.242. The predicted molar refractivity (Wildman–Crippen MR) is 111 cm³/mol. The number of methoxy groups -OCH3 is 1. The Morgan fingerprint density at radius 1 is 1.07 bits per heavy atom. The second-order valence-corrected chi connectivity index (χ2v) is 7.15. The van der Waals surface area contributed by atoms with Crippen molar-refractivity contribution < 1.29 is 13.9 Å². The number of hydrogen-bond acceptors (Lipinski definition) is 6. The van der Waals surface area contributed by atoms with E-state index >= 15 is 0 Å². The van der Waals surface area contributed by atoms with Crippen LogP contribution in [0, 0.1) is 0 Å². The first-order chi connectivity index (χ1) is 14.6. The molecular formula is C22H14ClN3O4. The number of halogens is 1.